The van der Waals surface area contributed by atoms with Crippen LogP contribution in [0.4, 0.5) is 0 Å². The van der Waals surface area contributed by atoms with Crippen LogP contribution in [0.5, 0.6) is 0 Å². The summed E-state index contributed by atoms with van der Waals surface area (Å²) in [5, 5.41) is 9.37. The second kappa shape index (κ2) is 5.07. The summed E-state index contributed by atoms with van der Waals surface area (Å²) in [5.74, 6) is 0.584. The van der Waals surface area contributed by atoms with E-state index in [1.165, 1.54) is 6.20 Å². The monoisotopic (exact) mass is 301 g/mol. The number of hydrogen-bond donors (Lipinski definition) is 2. The first-order valence-electron chi connectivity index (χ1n) is 7.09. The molecule has 0 amide bonds. The summed E-state index contributed by atoms with van der Waals surface area (Å²) in [4.78, 5) is 27.0. The van der Waals surface area contributed by atoms with Crippen molar-refractivity contribution in [2.45, 2.75) is 6.42 Å². The number of fused-ring (bicyclic) bond motifs is 3. The van der Waals surface area contributed by atoms with Gasteiger partial charge >= 0.3 is 0 Å². The molecule has 6 heteroatoms. The van der Waals surface area contributed by atoms with Gasteiger partial charge in [0, 0.05) is 12.6 Å². The zero-order valence-electron chi connectivity index (χ0n) is 12.0. The van der Waals surface area contributed by atoms with Gasteiger partial charge in [0.05, 0.1) is 11.1 Å². The Hall–Kier alpha value is -3.46. The standard InChI is InChI=1S/C17H11N5O/c18-8-11-6-12-15(19-9-11)14-16(20-12)21-13(22-17(14)23)7-10-4-2-1-3-5-10/h1-6,9H,7H2,(H2,20,21,22,23). The van der Waals surface area contributed by atoms with Crippen molar-refractivity contribution in [1.82, 2.24) is 19.9 Å². The predicted octanol–water partition coefficient (Wildman–Crippen LogP) is 2.26. The number of nitrogens with zero attached hydrogens (tertiary/aromatic N) is 3. The smallest absolute Gasteiger partial charge is 0.262 e. The molecule has 0 aliphatic heterocycles. The third kappa shape index (κ3) is 2.24. The molecule has 1 aromatic carbocycles. The topological polar surface area (TPSA) is 98.2 Å². The molecule has 110 valence electrons. The van der Waals surface area contributed by atoms with E-state index in [2.05, 4.69) is 19.9 Å². The molecule has 3 heterocycles. The minimum atomic E-state index is -0.232. The molecule has 0 saturated heterocycles. The van der Waals surface area contributed by atoms with Gasteiger partial charge in [0.1, 0.15) is 28.4 Å². The number of rotatable bonds is 2. The molecule has 4 rings (SSSR count). The van der Waals surface area contributed by atoms with Gasteiger partial charge in [-0.05, 0) is 11.6 Å². The fourth-order valence-electron chi connectivity index (χ4n) is 2.65. The maximum atomic E-state index is 12.4. The van der Waals surface area contributed by atoms with Gasteiger partial charge < -0.3 is 9.97 Å². The quantitative estimate of drug-likeness (QED) is 0.593. The molecule has 0 spiro atoms. The van der Waals surface area contributed by atoms with Crippen molar-refractivity contribution in [2.24, 2.45) is 0 Å². The zero-order valence-corrected chi connectivity index (χ0v) is 12.0. The van der Waals surface area contributed by atoms with Crippen LogP contribution in [-0.4, -0.2) is 19.9 Å². The van der Waals surface area contributed by atoms with Crippen LogP contribution in [0.2, 0.25) is 0 Å². The van der Waals surface area contributed by atoms with E-state index in [0.29, 0.717) is 39.9 Å². The average Bonchev–Trinajstić information content (AvgIpc) is 2.93. The normalized spacial score (nSPS) is 10.9. The predicted molar refractivity (Wildman–Crippen MR) is 86.0 cm³/mol. The molecule has 0 atom stereocenters. The van der Waals surface area contributed by atoms with E-state index in [0.717, 1.165) is 5.56 Å². The number of benzene rings is 1. The third-order valence-corrected chi connectivity index (χ3v) is 3.69. The van der Waals surface area contributed by atoms with E-state index in [1.807, 2.05) is 36.4 Å². The summed E-state index contributed by atoms with van der Waals surface area (Å²) in [6.45, 7) is 0. The fraction of sp³-hybridized carbons (Fsp3) is 0.0588. The zero-order chi connectivity index (χ0) is 15.8. The molecule has 4 aromatic rings. The SMILES string of the molecule is N#Cc1cnc2c(c1)[nH]c1nc(Cc3ccccc3)[nH]c(=O)c12. The van der Waals surface area contributed by atoms with E-state index >= 15 is 0 Å². The number of aromatic nitrogens is 4. The van der Waals surface area contributed by atoms with E-state index < -0.39 is 0 Å². The van der Waals surface area contributed by atoms with Crippen LogP contribution in [0.3, 0.4) is 0 Å². The Morgan fingerprint density at radius 2 is 2.00 bits per heavy atom. The van der Waals surface area contributed by atoms with Crippen molar-refractivity contribution in [1.29, 1.82) is 5.26 Å². The Morgan fingerprint density at radius 1 is 1.17 bits per heavy atom. The van der Waals surface area contributed by atoms with Crippen LogP contribution in [0.15, 0.2) is 47.4 Å². The highest BCUT2D eigenvalue weighted by atomic mass is 16.1. The van der Waals surface area contributed by atoms with E-state index in [9.17, 15) is 4.79 Å². The molecule has 3 aromatic heterocycles. The van der Waals surface area contributed by atoms with E-state index in [-0.39, 0.29) is 5.56 Å². The maximum absolute atomic E-state index is 12.4. The van der Waals surface area contributed by atoms with Gasteiger partial charge in [-0.25, -0.2) is 4.98 Å². The molecule has 6 nitrogen and oxygen atoms in total. The van der Waals surface area contributed by atoms with Crippen molar-refractivity contribution < 1.29 is 0 Å². The second-order valence-electron chi connectivity index (χ2n) is 5.26. The average molecular weight is 301 g/mol. The van der Waals surface area contributed by atoms with Crippen LogP contribution in [0.1, 0.15) is 17.0 Å². The van der Waals surface area contributed by atoms with Crippen LogP contribution >= 0.6 is 0 Å². The molecule has 0 radical (unpaired) electrons. The Kier molecular flexibility index (Phi) is 2.91. The highest BCUT2D eigenvalue weighted by Gasteiger charge is 2.13. The van der Waals surface area contributed by atoms with Gasteiger partial charge in [-0.15, -0.1) is 0 Å². The number of H-pyrrole nitrogens is 2. The van der Waals surface area contributed by atoms with Gasteiger partial charge in [-0.1, -0.05) is 30.3 Å². The molecule has 0 bridgehead atoms. The lowest BCUT2D eigenvalue weighted by atomic mass is 10.1. The molecule has 0 fully saturated rings. The lowest BCUT2D eigenvalue weighted by Gasteiger charge is -2.01. The summed E-state index contributed by atoms with van der Waals surface area (Å²) in [5.41, 5.74) is 2.91. The van der Waals surface area contributed by atoms with Crippen LogP contribution in [0, 0.1) is 11.3 Å². The summed E-state index contributed by atoms with van der Waals surface area (Å²) in [6, 6.07) is 13.5. The van der Waals surface area contributed by atoms with Gasteiger partial charge in [0.2, 0.25) is 0 Å². The van der Waals surface area contributed by atoms with Gasteiger partial charge in [-0.3, -0.25) is 9.78 Å². The Morgan fingerprint density at radius 3 is 2.78 bits per heavy atom. The summed E-state index contributed by atoms with van der Waals surface area (Å²) >= 11 is 0. The van der Waals surface area contributed by atoms with Crippen molar-refractivity contribution in [2.75, 3.05) is 0 Å². The second-order valence-corrected chi connectivity index (χ2v) is 5.26. The largest absolute Gasteiger partial charge is 0.338 e. The summed E-state index contributed by atoms with van der Waals surface area (Å²) in [6.07, 6.45) is 1.99. The molecular formula is C17H11N5O. The number of nitriles is 1. The fourth-order valence-corrected chi connectivity index (χ4v) is 2.65. The van der Waals surface area contributed by atoms with Gasteiger partial charge in [0.25, 0.3) is 5.56 Å². The summed E-state index contributed by atoms with van der Waals surface area (Å²) in [7, 11) is 0. The Labute approximate surface area is 130 Å². The molecule has 0 unspecified atom stereocenters. The Bertz CT molecular complexity index is 1120. The van der Waals surface area contributed by atoms with Crippen molar-refractivity contribution in [3.05, 3.63) is 69.9 Å². The molecule has 23 heavy (non-hydrogen) atoms. The molecule has 2 N–H and O–H groups in total. The number of hydrogen-bond acceptors (Lipinski definition) is 4. The highest BCUT2D eigenvalue weighted by Crippen LogP contribution is 2.20. The van der Waals surface area contributed by atoms with Crippen LogP contribution < -0.4 is 5.56 Å². The van der Waals surface area contributed by atoms with Crippen molar-refractivity contribution in [3.63, 3.8) is 0 Å². The lowest BCUT2D eigenvalue weighted by Crippen LogP contribution is -2.11. The van der Waals surface area contributed by atoms with Crippen molar-refractivity contribution in [3.8, 4) is 6.07 Å². The highest BCUT2D eigenvalue weighted by molar-refractivity contribution is 6.02. The number of aromatic amines is 2. The number of pyridine rings is 1. The first kappa shape index (κ1) is 13.2. The molecule has 0 saturated carbocycles. The summed E-state index contributed by atoms with van der Waals surface area (Å²) < 4.78 is 0. The maximum Gasteiger partial charge on any atom is 0.262 e. The lowest BCUT2D eigenvalue weighted by molar-refractivity contribution is 0.969. The van der Waals surface area contributed by atoms with Crippen molar-refractivity contribution >= 4 is 22.1 Å². The minimum absolute atomic E-state index is 0.232. The van der Waals surface area contributed by atoms with Gasteiger partial charge in [0.15, 0.2) is 0 Å². The molecular weight excluding hydrogens is 290 g/mol. The molecule has 0 aliphatic carbocycles. The van der Waals surface area contributed by atoms with Gasteiger partial charge in [-0.2, -0.15) is 5.26 Å². The Balaban J connectivity index is 1.89. The first-order valence-corrected chi connectivity index (χ1v) is 7.09. The molecule has 0 aliphatic rings. The number of nitrogens with one attached hydrogen (secondary N) is 2. The first-order chi connectivity index (χ1) is 11.2. The van der Waals surface area contributed by atoms with E-state index in [1.54, 1.807) is 6.07 Å². The third-order valence-electron chi connectivity index (χ3n) is 3.69. The van der Waals surface area contributed by atoms with Crippen LogP contribution in [-0.2, 0) is 6.42 Å². The van der Waals surface area contributed by atoms with E-state index in [4.69, 9.17) is 5.26 Å². The minimum Gasteiger partial charge on any atom is -0.338 e. The van der Waals surface area contributed by atoms with Crippen LogP contribution in [0.25, 0.3) is 22.1 Å².